The van der Waals surface area contributed by atoms with Crippen LogP contribution in [0.4, 0.5) is 10.7 Å². The fraction of sp³-hybridized carbons (Fsp3) is 0.200. The largest absolute Gasteiger partial charge is 0.444 e. The molecule has 0 atom stereocenters. The molecule has 1 amide bonds. The van der Waals surface area contributed by atoms with Gasteiger partial charge in [0.1, 0.15) is 24.0 Å². The summed E-state index contributed by atoms with van der Waals surface area (Å²) in [6.07, 6.45) is -0.654. The number of carbonyl (C=O) groups is 1. The summed E-state index contributed by atoms with van der Waals surface area (Å²) < 4.78 is 10.4. The maximum atomic E-state index is 11.7. The molecule has 0 aliphatic rings. The first-order valence-electron chi connectivity index (χ1n) is 6.09. The van der Waals surface area contributed by atoms with Gasteiger partial charge in [0.05, 0.1) is 0 Å². The Bertz CT molecular complexity index is 654. The lowest BCUT2D eigenvalue weighted by molar-refractivity contribution is 0.154. The van der Waals surface area contributed by atoms with Crippen molar-refractivity contribution in [2.24, 2.45) is 0 Å². The van der Waals surface area contributed by atoms with Crippen LogP contribution in [0.15, 0.2) is 34.7 Å². The van der Waals surface area contributed by atoms with Gasteiger partial charge < -0.3 is 9.15 Å². The molecule has 0 fully saturated rings. The SMILES string of the molecule is Cc1oc(NC(=O)OCc2ccccc2)c(C#N)c1C. The fourth-order valence-corrected chi connectivity index (χ4v) is 1.70. The third-order valence-electron chi connectivity index (χ3n) is 2.93. The van der Waals surface area contributed by atoms with Gasteiger partial charge in [0.25, 0.3) is 0 Å². The number of nitriles is 1. The first-order valence-corrected chi connectivity index (χ1v) is 6.09. The molecular weight excluding hydrogens is 256 g/mol. The molecule has 0 bridgehead atoms. The molecule has 1 heterocycles. The van der Waals surface area contributed by atoms with Crippen molar-refractivity contribution in [1.82, 2.24) is 0 Å². The van der Waals surface area contributed by atoms with Crippen molar-refractivity contribution in [3.05, 3.63) is 52.8 Å². The molecule has 0 aliphatic carbocycles. The zero-order valence-electron chi connectivity index (χ0n) is 11.3. The molecule has 102 valence electrons. The smallest absolute Gasteiger partial charge is 0.414 e. The van der Waals surface area contributed by atoms with Crippen LogP contribution in [-0.4, -0.2) is 6.09 Å². The van der Waals surface area contributed by atoms with Crippen molar-refractivity contribution >= 4 is 12.0 Å². The van der Waals surface area contributed by atoms with Gasteiger partial charge in [0.15, 0.2) is 0 Å². The second-order valence-electron chi connectivity index (χ2n) is 4.29. The summed E-state index contributed by atoms with van der Waals surface area (Å²) in [5.41, 5.74) is 1.92. The van der Waals surface area contributed by atoms with Gasteiger partial charge in [-0.15, -0.1) is 0 Å². The molecule has 1 aromatic heterocycles. The third-order valence-corrected chi connectivity index (χ3v) is 2.93. The number of benzene rings is 1. The fourth-order valence-electron chi connectivity index (χ4n) is 1.70. The van der Waals surface area contributed by atoms with Crippen molar-refractivity contribution < 1.29 is 13.9 Å². The summed E-state index contributed by atoms with van der Waals surface area (Å²) in [6.45, 7) is 3.65. The molecule has 0 spiro atoms. The Kier molecular flexibility index (Phi) is 4.06. The molecule has 2 aromatic rings. The Hall–Kier alpha value is -2.74. The maximum absolute atomic E-state index is 11.7. The van der Waals surface area contributed by atoms with E-state index in [2.05, 4.69) is 5.32 Å². The van der Waals surface area contributed by atoms with E-state index < -0.39 is 6.09 Å². The number of furan rings is 1. The number of hydrogen-bond donors (Lipinski definition) is 1. The minimum atomic E-state index is -0.654. The van der Waals surface area contributed by atoms with Crippen LogP contribution in [0.25, 0.3) is 0 Å². The highest BCUT2D eigenvalue weighted by Gasteiger charge is 2.17. The summed E-state index contributed by atoms with van der Waals surface area (Å²) in [5, 5.41) is 11.5. The normalized spacial score (nSPS) is 9.85. The topological polar surface area (TPSA) is 75.3 Å². The summed E-state index contributed by atoms with van der Waals surface area (Å²) in [6, 6.07) is 11.3. The lowest BCUT2D eigenvalue weighted by Crippen LogP contribution is -2.13. The van der Waals surface area contributed by atoms with Gasteiger partial charge in [0, 0.05) is 5.56 Å². The Morgan fingerprint density at radius 2 is 2.05 bits per heavy atom. The molecule has 0 unspecified atom stereocenters. The van der Waals surface area contributed by atoms with Crippen LogP contribution in [0, 0.1) is 25.2 Å². The van der Waals surface area contributed by atoms with E-state index >= 15 is 0 Å². The number of amides is 1. The highest BCUT2D eigenvalue weighted by molar-refractivity contribution is 5.85. The first-order chi connectivity index (χ1) is 9.61. The van der Waals surface area contributed by atoms with Crippen molar-refractivity contribution in [2.75, 3.05) is 5.32 Å². The highest BCUT2D eigenvalue weighted by Crippen LogP contribution is 2.25. The van der Waals surface area contributed by atoms with Gasteiger partial charge in [-0.05, 0) is 19.4 Å². The zero-order chi connectivity index (χ0) is 14.5. The van der Waals surface area contributed by atoms with E-state index in [-0.39, 0.29) is 12.5 Å². The van der Waals surface area contributed by atoms with Gasteiger partial charge >= 0.3 is 6.09 Å². The van der Waals surface area contributed by atoms with Crippen LogP contribution in [0.5, 0.6) is 0 Å². The Morgan fingerprint density at radius 1 is 1.35 bits per heavy atom. The van der Waals surface area contributed by atoms with Gasteiger partial charge in [-0.1, -0.05) is 30.3 Å². The van der Waals surface area contributed by atoms with E-state index in [1.54, 1.807) is 13.8 Å². The van der Waals surface area contributed by atoms with E-state index in [1.165, 1.54) is 0 Å². The van der Waals surface area contributed by atoms with Crippen molar-refractivity contribution in [1.29, 1.82) is 5.26 Å². The molecule has 0 radical (unpaired) electrons. The van der Waals surface area contributed by atoms with Crippen LogP contribution >= 0.6 is 0 Å². The average Bonchev–Trinajstić information content (AvgIpc) is 2.72. The standard InChI is InChI=1S/C15H14N2O3/c1-10-11(2)20-14(13(10)8-16)17-15(18)19-9-12-6-4-3-5-7-12/h3-7H,9H2,1-2H3,(H,17,18). The minimum Gasteiger partial charge on any atom is -0.444 e. The Labute approximate surface area is 116 Å². The van der Waals surface area contributed by atoms with Gasteiger partial charge in [0.2, 0.25) is 5.88 Å². The molecular formula is C15H14N2O3. The molecule has 5 nitrogen and oxygen atoms in total. The minimum absolute atomic E-state index is 0.126. The van der Waals surface area contributed by atoms with Crippen molar-refractivity contribution in [2.45, 2.75) is 20.5 Å². The quantitative estimate of drug-likeness (QED) is 0.925. The van der Waals surface area contributed by atoms with Gasteiger partial charge in [-0.2, -0.15) is 5.26 Å². The Balaban J connectivity index is 1.99. The lowest BCUT2D eigenvalue weighted by Gasteiger charge is -2.05. The predicted molar refractivity (Wildman–Crippen MR) is 73.1 cm³/mol. The van der Waals surface area contributed by atoms with Crippen LogP contribution in [0.3, 0.4) is 0 Å². The number of aryl methyl sites for hydroxylation is 1. The zero-order valence-corrected chi connectivity index (χ0v) is 11.3. The van der Waals surface area contributed by atoms with Crippen molar-refractivity contribution in [3.8, 4) is 6.07 Å². The van der Waals surface area contributed by atoms with E-state index in [1.807, 2.05) is 36.4 Å². The molecule has 1 N–H and O–H groups in total. The molecule has 1 aromatic carbocycles. The lowest BCUT2D eigenvalue weighted by atomic mass is 10.2. The van der Waals surface area contributed by atoms with E-state index in [9.17, 15) is 4.79 Å². The molecule has 20 heavy (non-hydrogen) atoms. The average molecular weight is 270 g/mol. The summed E-state index contributed by atoms with van der Waals surface area (Å²) >= 11 is 0. The monoisotopic (exact) mass is 270 g/mol. The molecule has 2 rings (SSSR count). The van der Waals surface area contributed by atoms with Gasteiger partial charge in [-0.25, -0.2) is 4.79 Å². The van der Waals surface area contributed by atoms with Crippen molar-refractivity contribution in [3.63, 3.8) is 0 Å². The number of ether oxygens (including phenoxy) is 1. The number of carbonyl (C=O) groups excluding carboxylic acids is 1. The molecule has 0 aliphatic heterocycles. The van der Waals surface area contributed by atoms with E-state index in [0.717, 1.165) is 5.56 Å². The summed E-state index contributed by atoms with van der Waals surface area (Å²) in [7, 11) is 0. The molecule has 0 saturated heterocycles. The number of hydrogen-bond acceptors (Lipinski definition) is 4. The predicted octanol–water partition coefficient (Wildman–Crippen LogP) is 3.52. The first kappa shape index (κ1) is 13.7. The summed E-state index contributed by atoms with van der Waals surface area (Å²) in [5.74, 6) is 0.723. The van der Waals surface area contributed by atoms with Crippen LogP contribution in [-0.2, 0) is 11.3 Å². The molecule has 5 heteroatoms. The Morgan fingerprint density at radius 3 is 2.70 bits per heavy atom. The third kappa shape index (κ3) is 2.98. The van der Waals surface area contributed by atoms with E-state index in [4.69, 9.17) is 14.4 Å². The maximum Gasteiger partial charge on any atom is 0.414 e. The number of nitrogens with one attached hydrogen (secondary N) is 1. The number of rotatable bonds is 3. The second kappa shape index (κ2) is 5.93. The van der Waals surface area contributed by atoms with Gasteiger partial charge in [-0.3, -0.25) is 5.32 Å². The molecule has 0 saturated carbocycles. The number of nitrogens with zero attached hydrogens (tertiary/aromatic N) is 1. The number of anilines is 1. The second-order valence-corrected chi connectivity index (χ2v) is 4.29. The van der Waals surface area contributed by atoms with Crippen LogP contribution < -0.4 is 5.32 Å². The van der Waals surface area contributed by atoms with Crippen LogP contribution in [0.2, 0.25) is 0 Å². The van der Waals surface area contributed by atoms with E-state index in [0.29, 0.717) is 16.9 Å². The van der Waals surface area contributed by atoms with Crippen LogP contribution in [0.1, 0.15) is 22.5 Å². The highest BCUT2D eigenvalue weighted by atomic mass is 16.5. The summed E-state index contributed by atoms with van der Waals surface area (Å²) in [4.78, 5) is 11.7.